The van der Waals surface area contributed by atoms with Crippen LogP contribution in [0.15, 0.2) is 47.8 Å². The van der Waals surface area contributed by atoms with E-state index >= 15 is 0 Å². The van der Waals surface area contributed by atoms with Gasteiger partial charge in [0, 0.05) is 28.2 Å². The predicted molar refractivity (Wildman–Crippen MR) is 107 cm³/mol. The van der Waals surface area contributed by atoms with Crippen LogP contribution in [-0.2, 0) is 0 Å². The van der Waals surface area contributed by atoms with Crippen LogP contribution in [0.5, 0.6) is 0 Å². The fourth-order valence-electron chi connectivity index (χ4n) is 2.68. The van der Waals surface area contributed by atoms with Crippen LogP contribution < -0.4 is 10.6 Å². The number of hydrogen-bond acceptors (Lipinski definition) is 4. The Kier molecular flexibility index (Phi) is 4.92. The SMILES string of the molecule is Cc1ccc(C(=O)NC2CC2)cc1NC(=O)c1csc(-c2ccc(F)cc2)n1. The summed E-state index contributed by atoms with van der Waals surface area (Å²) >= 11 is 1.31. The van der Waals surface area contributed by atoms with Crippen molar-refractivity contribution in [2.75, 3.05) is 5.32 Å². The number of carbonyl (C=O) groups excluding carboxylic acids is 2. The van der Waals surface area contributed by atoms with Gasteiger partial charge in [0.15, 0.2) is 0 Å². The van der Waals surface area contributed by atoms with Gasteiger partial charge in [-0.05, 0) is 61.7 Å². The molecule has 7 heteroatoms. The standard InChI is InChI=1S/C21H18FN3O2S/c1-12-2-3-14(19(26)23-16-8-9-16)10-17(12)24-20(27)18-11-28-21(25-18)13-4-6-15(22)7-5-13/h2-7,10-11,16H,8-9H2,1H3,(H,23,26)(H,24,27). The molecule has 2 amide bonds. The minimum absolute atomic E-state index is 0.134. The molecule has 2 aromatic carbocycles. The van der Waals surface area contributed by atoms with E-state index in [0.29, 0.717) is 16.3 Å². The van der Waals surface area contributed by atoms with Crippen LogP contribution in [0.3, 0.4) is 0 Å². The second kappa shape index (κ2) is 7.52. The average molecular weight is 395 g/mol. The molecule has 5 nitrogen and oxygen atoms in total. The van der Waals surface area contributed by atoms with E-state index in [-0.39, 0.29) is 29.4 Å². The van der Waals surface area contributed by atoms with Crippen LogP contribution in [-0.4, -0.2) is 22.8 Å². The van der Waals surface area contributed by atoms with Gasteiger partial charge < -0.3 is 10.6 Å². The number of rotatable bonds is 5. The summed E-state index contributed by atoms with van der Waals surface area (Å²) in [7, 11) is 0. The third-order valence-electron chi connectivity index (χ3n) is 4.49. The van der Waals surface area contributed by atoms with Crippen LogP contribution in [0, 0.1) is 12.7 Å². The summed E-state index contributed by atoms with van der Waals surface area (Å²) in [5.41, 5.74) is 2.96. The van der Waals surface area contributed by atoms with E-state index in [1.54, 1.807) is 29.6 Å². The van der Waals surface area contributed by atoms with Crippen molar-refractivity contribution in [1.82, 2.24) is 10.3 Å². The minimum Gasteiger partial charge on any atom is -0.349 e. The molecule has 1 aliphatic rings. The zero-order valence-electron chi connectivity index (χ0n) is 15.2. The topological polar surface area (TPSA) is 71.1 Å². The third kappa shape index (κ3) is 4.09. The zero-order valence-corrected chi connectivity index (χ0v) is 16.0. The van der Waals surface area contributed by atoms with Crippen molar-refractivity contribution < 1.29 is 14.0 Å². The molecule has 3 aromatic rings. The Labute approximate surface area is 165 Å². The second-order valence-electron chi connectivity index (χ2n) is 6.78. The van der Waals surface area contributed by atoms with Crippen molar-refractivity contribution in [1.29, 1.82) is 0 Å². The molecule has 1 heterocycles. The van der Waals surface area contributed by atoms with Crippen LogP contribution in [0.2, 0.25) is 0 Å². The summed E-state index contributed by atoms with van der Waals surface area (Å²) in [6, 6.07) is 11.5. The quantitative estimate of drug-likeness (QED) is 0.673. The van der Waals surface area contributed by atoms with E-state index in [2.05, 4.69) is 15.6 Å². The number of amides is 2. The number of aromatic nitrogens is 1. The molecule has 4 rings (SSSR count). The Bertz CT molecular complexity index is 1040. The molecule has 0 bridgehead atoms. The van der Waals surface area contributed by atoms with Gasteiger partial charge in [-0.25, -0.2) is 9.37 Å². The van der Waals surface area contributed by atoms with Gasteiger partial charge >= 0.3 is 0 Å². The van der Waals surface area contributed by atoms with E-state index in [0.717, 1.165) is 24.0 Å². The number of nitrogens with zero attached hydrogens (tertiary/aromatic N) is 1. The molecule has 1 fully saturated rings. The zero-order chi connectivity index (χ0) is 19.7. The van der Waals surface area contributed by atoms with Gasteiger partial charge in [0.1, 0.15) is 16.5 Å². The van der Waals surface area contributed by atoms with Gasteiger partial charge in [-0.15, -0.1) is 11.3 Å². The monoisotopic (exact) mass is 395 g/mol. The molecule has 1 aliphatic carbocycles. The molecule has 0 atom stereocenters. The summed E-state index contributed by atoms with van der Waals surface area (Å²) in [5.74, 6) is -0.808. The van der Waals surface area contributed by atoms with Gasteiger partial charge in [-0.3, -0.25) is 9.59 Å². The molecule has 1 saturated carbocycles. The number of benzene rings is 2. The maximum absolute atomic E-state index is 13.1. The summed E-state index contributed by atoms with van der Waals surface area (Å²) in [6.45, 7) is 1.86. The van der Waals surface area contributed by atoms with Gasteiger partial charge in [0.05, 0.1) is 0 Å². The normalized spacial score (nSPS) is 13.2. The van der Waals surface area contributed by atoms with Crippen molar-refractivity contribution in [3.63, 3.8) is 0 Å². The first kappa shape index (κ1) is 18.3. The maximum Gasteiger partial charge on any atom is 0.275 e. The number of anilines is 1. The number of hydrogen-bond donors (Lipinski definition) is 2. The fraction of sp³-hybridized carbons (Fsp3) is 0.190. The molecule has 0 spiro atoms. The van der Waals surface area contributed by atoms with Gasteiger partial charge in [-0.2, -0.15) is 0 Å². The molecule has 0 unspecified atom stereocenters. The molecular weight excluding hydrogens is 377 g/mol. The maximum atomic E-state index is 13.1. The minimum atomic E-state index is -0.354. The van der Waals surface area contributed by atoms with Crippen molar-refractivity contribution >= 4 is 28.8 Å². The Morgan fingerprint density at radius 2 is 1.86 bits per heavy atom. The highest BCUT2D eigenvalue weighted by Gasteiger charge is 2.24. The lowest BCUT2D eigenvalue weighted by Crippen LogP contribution is -2.25. The van der Waals surface area contributed by atoms with E-state index in [9.17, 15) is 14.0 Å². The Morgan fingerprint density at radius 1 is 1.11 bits per heavy atom. The molecule has 142 valence electrons. The van der Waals surface area contributed by atoms with E-state index in [1.807, 2.05) is 13.0 Å². The van der Waals surface area contributed by atoms with Gasteiger partial charge in [-0.1, -0.05) is 6.07 Å². The lowest BCUT2D eigenvalue weighted by atomic mass is 10.1. The molecule has 2 N–H and O–H groups in total. The fourth-order valence-corrected chi connectivity index (χ4v) is 3.49. The number of halogens is 1. The summed E-state index contributed by atoms with van der Waals surface area (Å²) in [6.07, 6.45) is 2.03. The number of nitrogens with one attached hydrogen (secondary N) is 2. The number of thiazole rings is 1. The van der Waals surface area contributed by atoms with Gasteiger partial charge in [0.2, 0.25) is 0 Å². The Morgan fingerprint density at radius 3 is 2.57 bits per heavy atom. The number of aryl methyl sites for hydroxylation is 1. The largest absolute Gasteiger partial charge is 0.349 e. The second-order valence-corrected chi connectivity index (χ2v) is 7.63. The van der Waals surface area contributed by atoms with Crippen molar-refractivity contribution in [2.24, 2.45) is 0 Å². The smallest absolute Gasteiger partial charge is 0.275 e. The molecule has 28 heavy (non-hydrogen) atoms. The van der Waals surface area contributed by atoms with Crippen molar-refractivity contribution in [2.45, 2.75) is 25.8 Å². The highest BCUT2D eigenvalue weighted by Crippen LogP contribution is 2.25. The van der Waals surface area contributed by atoms with Crippen LogP contribution in [0.1, 0.15) is 39.3 Å². The molecule has 0 saturated heterocycles. The first-order valence-electron chi connectivity index (χ1n) is 8.94. The number of carbonyl (C=O) groups is 2. The lowest BCUT2D eigenvalue weighted by molar-refractivity contribution is 0.0949. The summed E-state index contributed by atoms with van der Waals surface area (Å²) in [4.78, 5) is 29.2. The predicted octanol–water partition coefficient (Wildman–Crippen LogP) is 4.40. The van der Waals surface area contributed by atoms with Gasteiger partial charge in [0.25, 0.3) is 11.8 Å². The molecule has 0 radical (unpaired) electrons. The highest BCUT2D eigenvalue weighted by atomic mass is 32.1. The molecule has 0 aliphatic heterocycles. The van der Waals surface area contributed by atoms with Crippen LogP contribution in [0.4, 0.5) is 10.1 Å². The molecular formula is C21H18FN3O2S. The Balaban J connectivity index is 1.50. The van der Waals surface area contributed by atoms with Crippen LogP contribution in [0.25, 0.3) is 10.6 Å². The first-order valence-corrected chi connectivity index (χ1v) is 9.82. The van der Waals surface area contributed by atoms with Crippen LogP contribution >= 0.6 is 11.3 Å². The first-order chi connectivity index (χ1) is 13.5. The average Bonchev–Trinajstić information content (AvgIpc) is 3.35. The van der Waals surface area contributed by atoms with E-state index < -0.39 is 0 Å². The Hall–Kier alpha value is -3.06. The highest BCUT2D eigenvalue weighted by molar-refractivity contribution is 7.13. The third-order valence-corrected chi connectivity index (χ3v) is 5.38. The van der Waals surface area contributed by atoms with E-state index in [4.69, 9.17) is 0 Å². The summed E-state index contributed by atoms with van der Waals surface area (Å²) in [5, 5.41) is 8.07. The van der Waals surface area contributed by atoms with Crippen molar-refractivity contribution in [3.05, 3.63) is 70.5 Å². The molecule has 1 aromatic heterocycles. The van der Waals surface area contributed by atoms with Crippen molar-refractivity contribution in [3.8, 4) is 10.6 Å². The summed E-state index contributed by atoms with van der Waals surface area (Å²) < 4.78 is 13.1. The lowest BCUT2D eigenvalue weighted by Gasteiger charge is -2.10. The van der Waals surface area contributed by atoms with E-state index in [1.165, 1.54) is 23.5 Å².